The van der Waals surface area contributed by atoms with Gasteiger partial charge in [0.05, 0.1) is 25.9 Å². The molecule has 0 aliphatic carbocycles. The molecule has 0 bridgehead atoms. The summed E-state index contributed by atoms with van der Waals surface area (Å²) in [4.78, 5) is 0. The lowest BCUT2D eigenvalue weighted by molar-refractivity contribution is 0.0473. The molecule has 0 spiro atoms. The van der Waals surface area contributed by atoms with E-state index in [9.17, 15) is 4.39 Å². The molecule has 120 valence electrons. The van der Waals surface area contributed by atoms with E-state index < -0.39 is 0 Å². The molecule has 1 N–H and O–H groups in total. The molecule has 1 aromatic rings. The number of benzene rings is 1. The quantitative estimate of drug-likeness (QED) is 0.602. The maximum atomic E-state index is 13.8. The van der Waals surface area contributed by atoms with Crippen molar-refractivity contribution in [3.63, 3.8) is 0 Å². The van der Waals surface area contributed by atoms with Crippen LogP contribution in [0.4, 0.5) is 4.39 Å². The molecule has 0 radical (unpaired) electrons. The van der Waals surface area contributed by atoms with Gasteiger partial charge in [0.1, 0.15) is 5.82 Å². The lowest BCUT2D eigenvalue weighted by atomic mass is 10.1. The Balaban J connectivity index is 2.25. The van der Waals surface area contributed by atoms with Crippen molar-refractivity contribution in [2.45, 2.75) is 19.4 Å². The van der Waals surface area contributed by atoms with E-state index >= 15 is 0 Å². The van der Waals surface area contributed by atoms with Crippen molar-refractivity contribution in [1.82, 2.24) is 5.32 Å². The highest BCUT2D eigenvalue weighted by molar-refractivity contribution is 5.21. The van der Waals surface area contributed by atoms with Crippen LogP contribution >= 0.6 is 0 Å². The van der Waals surface area contributed by atoms with Crippen LogP contribution in [0.3, 0.4) is 0 Å². The monoisotopic (exact) mass is 299 g/mol. The molecule has 0 amide bonds. The Kier molecular flexibility index (Phi) is 9.99. The van der Waals surface area contributed by atoms with Crippen LogP contribution in [0.25, 0.3) is 0 Å². The first kappa shape index (κ1) is 18.0. The fourth-order valence-electron chi connectivity index (χ4n) is 1.97. The summed E-state index contributed by atoms with van der Waals surface area (Å²) in [5.74, 6) is -0.199. The zero-order valence-corrected chi connectivity index (χ0v) is 12.9. The number of likely N-dealkylation sites (N-methyl/N-ethyl adjacent to an activating group) is 1. The highest BCUT2D eigenvalue weighted by atomic mass is 19.1. The third-order valence-electron chi connectivity index (χ3n) is 3.02. The van der Waals surface area contributed by atoms with Crippen LogP contribution in [-0.2, 0) is 14.2 Å². The van der Waals surface area contributed by atoms with Crippen molar-refractivity contribution >= 4 is 0 Å². The van der Waals surface area contributed by atoms with E-state index in [2.05, 4.69) is 5.32 Å². The molecule has 4 nitrogen and oxygen atoms in total. The first-order valence-corrected chi connectivity index (χ1v) is 7.41. The van der Waals surface area contributed by atoms with E-state index in [1.807, 2.05) is 13.0 Å². The first-order valence-electron chi connectivity index (χ1n) is 7.41. The summed E-state index contributed by atoms with van der Waals surface area (Å²) in [6.07, 6.45) is 0.819. The smallest absolute Gasteiger partial charge is 0.128 e. The van der Waals surface area contributed by atoms with Crippen LogP contribution in [0.1, 0.15) is 24.9 Å². The predicted octanol–water partition coefficient (Wildman–Crippen LogP) is 2.55. The normalized spacial score (nSPS) is 12.5. The number of hydrogen-bond donors (Lipinski definition) is 1. The standard InChI is InChI=1S/C16H26FNO3/c1-3-18-16(14-7-4-5-8-15(14)17)13-21-10-6-9-20-12-11-19-2/h4-5,7-8,16,18H,3,6,9-13H2,1-2H3. The number of halogens is 1. The molecule has 21 heavy (non-hydrogen) atoms. The second-order valence-corrected chi connectivity index (χ2v) is 4.67. The van der Waals surface area contributed by atoms with E-state index in [1.54, 1.807) is 19.2 Å². The summed E-state index contributed by atoms with van der Waals surface area (Å²) < 4.78 is 29.6. The maximum Gasteiger partial charge on any atom is 0.128 e. The summed E-state index contributed by atoms with van der Waals surface area (Å²) in [6.45, 7) is 5.67. The maximum absolute atomic E-state index is 13.8. The van der Waals surface area contributed by atoms with Crippen molar-refractivity contribution in [1.29, 1.82) is 0 Å². The summed E-state index contributed by atoms with van der Waals surface area (Å²) in [5, 5.41) is 3.25. The highest BCUT2D eigenvalue weighted by Crippen LogP contribution is 2.17. The van der Waals surface area contributed by atoms with E-state index in [0.29, 0.717) is 38.6 Å². The molecule has 1 aromatic carbocycles. The molecule has 0 aliphatic rings. The van der Waals surface area contributed by atoms with Gasteiger partial charge in [0.2, 0.25) is 0 Å². The largest absolute Gasteiger partial charge is 0.382 e. The van der Waals surface area contributed by atoms with Crippen molar-refractivity contribution in [3.8, 4) is 0 Å². The zero-order chi connectivity index (χ0) is 15.3. The van der Waals surface area contributed by atoms with E-state index in [4.69, 9.17) is 14.2 Å². The minimum atomic E-state index is -0.199. The Hall–Kier alpha value is -1.01. The predicted molar refractivity (Wildman–Crippen MR) is 80.9 cm³/mol. The Labute approximate surface area is 126 Å². The van der Waals surface area contributed by atoms with Crippen molar-refractivity contribution in [2.24, 2.45) is 0 Å². The Morgan fingerprint density at radius 1 is 1.10 bits per heavy atom. The van der Waals surface area contributed by atoms with Crippen LogP contribution in [0.5, 0.6) is 0 Å². The van der Waals surface area contributed by atoms with Crippen LogP contribution in [0, 0.1) is 5.82 Å². The summed E-state index contributed by atoms with van der Waals surface area (Å²) in [6, 6.07) is 6.68. The molecule has 0 aromatic heterocycles. The molecule has 0 fully saturated rings. The minimum Gasteiger partial charge on any atom is -0.382 e. The summed E-state index contributed by atoms with van der Waals surface area (Å²) in [7, 11) is 1.65. The van der Waals surface area contributed by atoms with E-state index in [-0.39, 0.29) is 11.9 Å². The van der Waals surface area contributed by atoms with Gasteiger partial charge < -0.3 is 19.5 Å². The lowest BCUT2D eigenvalue weighted by Crippen LogP contribution is -2.26. The lowest BCUT2D eigenvalue weighted by Gasteiger charge is -2.19. The fourth-order valence-corrected chi connectivity index (χ4v) is 1.97. The molecular formula is C16H26FNO3. The Morgan fingerprint density at radius 2 is 1.86 bits per heavy atom. The summed E-state index contributed by atoms with van der Waals surface area (Å²) in [5.41, 5.74) is 0.649. The molecule has 0 saturated heterocycles. The SMILES string of the molecule is CCNC(COCCCOCCOC)c1ccccc1F. The second-order valence-electron chi connectivity index (χ2n) is 4.67. The van der Waals surface area contributed by atoms with Gasteiger partial charge in [-0.15, -0.1) is 0 Å². The van der Waals surface area contributed by atoms with Gasteiger partial charge in [0, 0.05) is 25.9 Å². The van der Waals surface area contributed by atoms with Gasteiger partial charge in [0.25, 0.3) is 0 Å². The average Bonchev–Trinajstić information content (AvgIpc) is 2.49. The van der Waals surface area contributed by atoms with Gasteiger partial charge in [-0.25, -0.2) is 4.39 Å². The first-order chi connectivity index (χ1) is 10.3. The van der Waals surface area contributed by atoms with Gasteiger partial charge >= 0.3 is 0 Å². The van der Waals surface area contributed by atoms with Gasteiger partial charge in [-0.2, -0.15) is 0 Å². The van der Waals surface area contributed by atoms with Crippen LogP contribution in [0.15, 0.2) is 24.3 Å². The number of nitrogens with one attached hydrogen (secondary N) is 1. The van der Waals surface area contributed by atoms with Gasteiger partial charge in [-0.3, -0.25) is 0 Å². The Bertz CT molecular complexity index is 376. The van der Waals surface area contributed by atoms with Gasteiger partial charge in [-0.1, -0.05) is 25.1 Å². The Morgan fingerprint density at radius 3 is 2.57 bits per heavy atom. The number of ether oxygens (including phenoxy) is 3. The molecule has 0 saturated carbocycles. The third kappa shape index (κ3) is 7.52. The van der Waals surface area contributed by atoms with Crippen LogP contribution in [0.2, 0.25) is 0 Å². The van der Waals surface area contributed by atoms with Crippen molar-refractivity contribution in [3.05, 3.63) is 35.6 Å². The topological polar surface area (TPSA) is 39.7 Å². The molecule has 0 aliphatic heterocycles. The van der Waals surface area contributed by atoms with Crippen molar-refractivity contribution < 1.29 is 18.6 Å². The zero-order valence-electron chi connectivity index (χ0n) is 12.9. The summed E-state index contributed by atoms with van der Waals surface area (Å²) >= 11 is 0. The highest BCUT2D eigenvalue weighted by Gasteiger charge is 2.14. The van der Waals surface area contributed by atoms with Crippen LogP contribution < -0.4 is 5.32 Å². The molecule has 0 heterocycles. The van der Waals surface area contributed by atoms with Gasteiger partial charge in [-0.05, 0) is 19.0 Å². The molecule has 5 heteroatoms. The van der Waals surface area contributed by atoms with Crippen molar-refractivity contribution in [2.75, 3.05) is 46.7 Å². The molecule has 1 atom stereocenters. The average molecular weight is 299 g/mol. The second kappa shape index (κ2) is 11.6. The number of hydrogen-bond acceptors (Lipinski definition) is 4. The number of methoxy groups -OCH3 is 1. The number of rotatable bonds is 12. The van der Waals surface area contributed by atoms with E-state index in [1.165, 1.54) is 6.07 Å². The molecule has 1 rings (SSSR count). The van der Waals surface area contributed by atoms with Gasteiger partial charge in [0.15, 0.2) is 0 Å². The molecular weight excluding hydrogens is 273 g/mol. The fraction of sp³-hybridized carbons (Fsp3) is 0.625. The third-order valence-corrected chi connectivity index (χ3v) is 3.02. The minimum absolute atomic E-state index is 0.120. The van der Waals surface area contributed by atoms with E-state index in [0.717, 1.165) is 13.0 Å². The van der Waals surface area contributed by atoms with Crippen LogP contribution in [-0.4, -0.2) is 46.7 Å². The molecule has 1 unspecified atom stereocenters.